The summed E-state index contributed by atoms with van der Waals surface area (Å²) in [5.74, 6) is 5.53. The molecular formula is C22H20O5S. The van der Waals surface area contributed by atoms with Gasteiger partial charge in [0, 0.05) is 11.8 Å². The van der Waals surface area contributed by atoms with Gasteiger partial charge in [0.25, 0.3) is 0 Å². The lowest BCUT2D eigenvalue weighted by molar-refractivity contribution is 0.143. The third-order valence-corrected chi connectivity index (χ3v) is 4.84. The van der Waals surface area contributed by atoms with Crippen LogP contribution in [0.25, 0.3) is 22.1 Å². The zero-order valence-electron chi connectivity index (χ0n) is 15.8. The number of aliphatic hydroxyl groups is 1. The van der Waals surface area contributed by atoms with Crippen LogP contribution in [0.5, 0.6) is 0 Å². The highest BCUT2D eigenvalue weighted by Crippen LogP contribution is 2.21. The normalized spacial score (nSPS) is 11.9. The van der Waals surface area contributed by atoms with Gasteiger partial charge in [0.1, 0.15) is 17.4 Å². The van der Waals surface area contributed by atoms with Crippen molar-refractivity contribution >= 4 is 20.8 Å². The Bertz CT molecular complexity index is 1250. The monoisotopic (exact) mass is 396 g/mol. The van der Waals surface area contributed by atoms with Crippen LogP contribution in [0, 0.1) is 11.8 Å². The van der Waals surface area contributed by atoms with Gasteiger partial charge in [-0.1, -0.05) is 36.1 Å². The SMILES string of the molecule is CC(C)(O)C#Cc1ccc2c(=O)c(-c3ccc(CS(C)(=O)=O)cc3)coc2c1. The molecule has 1 aromatic heterocycles. The first-order chi connectivity index (χ1) is 13.0. The van der Waals surface area contributed by atoms with Crippen LogP contribution in [0.2, 0.25) is 0 Å². The van der Waals surface area contributed by atoms with Crippen LogP contribution in [0.15, 0.2) is 57.9 Å². The Kier molecular flexibility index (Phi) is 5.16. The standard InChI is InChI=1S/C22H20O5S/c1-22(2,24)11-10-15-6-9-18-20(12-15)27-13-19(21(18)23)17-7-4-16(5-8-17)14-28(3,25)26/h4-9,12-13,24H,14H2,1-3H3. The summed E-state index contributed by atoms with van der Waals surface area (Å²) in [6, 6.07) is 11.8. The molecule has 28 heavy (non-hydrogen) atoms. The maximum absolute atomic E-state index is 12.8. The Morgan fingerprint density at radius 1 is 1.11 bits per heavy atom. The van der Waals surface area contributed by atoms with Gasteiger partial charge in [-0.05, 0) is 43.2 Å². The summed E-state index contributed by atoms with van der Waals surface area (Å²) in [6.07, 6.45) is 2.57. The minimum atomic E-state index is -3.12. The number of rotatable bonds is 3. The van der Waals surface area contributed by atoms with Gasteiger partial charge in [-0.25, -0.2) is 8.42 Å². The van der Waals surface area contributed by atoms with Crippen LogP contribution in [0.4, 0.5) is 0 Å². The molecule has 0 saturated carbocycles. The van der Waals surface area contributed by atoms with E-state index in [2.05, 4.69) is 11.8 Å². The Labute approximate surface area is 163 Å². The fourth-order valence-corrected chi connectivity index (χ4v) is 3.51. The summed E-state index contributed by atoms with van der Waals surface area (Å²) in [5.41, 5.74) is 1.46. The fraction of sp³-hybridized carbons (Fsp3) is 0.227. The van der Waals surface area contributed by atoms with E-state index in [4.69, 9.17) is 4.42 Å². The predicted molar refractivity (Wildman–Crippen MR) is 110 cm³/mol. The van der Waals surface area contributed by atoms with E-state index in [9.17, 15) is 18.3 Å². The fourth-order valence-electron chi connectivity index (χ4n) is 2.71. The molecule has 6 heteroatoms. The molecule has 1 N–H and O–H groups in total. The molecule has 3 aromatic rings. The van der Waals surface area contributed by atoms with E-state index in [0.717, 1.165) is 0 Å². The Morgan fingerprint density at radius 2 is 1.79 bits per heavy atom. The van der Waals surface area contributed by atoms with Crippen LogP contribution in [-0.2, 0) is 15.6 Å². The Morgan fingerprint density at radius 3 is 2.39 bits per heavy atom. The summed E-state index contributed by atoms with van der Waals surface area (Å²) < 4.78 is 28.4. The zero-order chi connectivity index (χ0) is 20.5. The van der Waals surface area contributed by atoms with Gasteiger partial charge in [-0.3, -0.25) is 4.79 Å². The molecule has 0 unspecified atom stereocenters. The van der Waals surface area contributed by atoms with Gasteiger partial charge in [-0.15, -0.1) is 0 Å². The summed E-state index contributed by atoms with van der Waals surface area (Å²) in [6.45, 7) is 3.18. The van der Waals surface area contributed by atoms with Crippen molar-refractivity contribution in [2.75, 3.05) is 6.26 Å². The van der Waals surface area contributed by atoms with Gasteiger partial charge in [0.05, 0.1) is 16.7 Å². The molecule has 0 spiro atoms. The average Bonchev–Trinajstić information content (AvgIpc) is 2.59. The topological polar surface area (TPSA) is 84.6 Å². The third-order valence-electron chi connectivity index (χ3n) is 3.98. The summed E-state index contributed by atoms with van der Waals surface area (Å²) in [5, 5.41) is 10.1. The molecule has 0 bridgehead atoms. The van der Waals surface area contributed by atoms with E-state index in [1.807, 2.05) is 0 Å². The second kappa shape index (κ2) is 7.27. The van der Waals surface area contributed by atoms with Crippen molar-refractivity contribution in [3.63, 3.8) is 0 Å². The van der Waals surface area contributed by atoms with Crippen molar-refractivity contribution in [3.8, 4) is 23.0 Å². The van der Waals surface area contributed by atoms with Crippen molar-refractivity contribution < 1.29 is 17.9 Å². The van der Waals surface area contributed by atoms with Crippen molar-refractivity contribution in [1.82, 2.24) is 0 Å². The maximum atomic E-state index is 12.8. The average molecular weight is 396 g/mol. The molecular weight excluding hydrogens is 376 g/mol. The molecule has 0 fully saturated rings. The lowest BCUT2D eigenvalue weighted by Crippen LogP contribution is -2.14. The molecule has 0 amide bonds. The second-order valence-electron chi connectivity index (χ2n) is 7.27. The van der Waals surface area contributed by atoms with Gasteiger partial charge in [0.15, 0.2) is 15.3 Å². The second-order valence-corrected chi connectivity index (χ2v) is 9.41. The van der Waals surface area contributed by atoms with Crippen molar-refractivity contribution in [3.05, 3.63) is 70.1 Å². The third kappa shape index (κ3) is 4.89. The van der Waals surface area contributed by atoms with Crippen molar-refractivity contribution in [1.29, 1.82) is 0 Å². The first-order valence-electron chi connectivity index (χ1n) is 8.60. The smallest absolute Gasteiger partial charge is 0.200 e. The zero-order valence-corrected chi connectivity index (χ0v) is 16.6. The molecule has 2 aromatic carbocycles. The molecule has 0 saturated heterocycles. The predicted octanol–water partition coefficient (Wildman–Crippen LogP) is 3.13. The van der Waals surface area contributed by atoms with Gasteiger partial charge >= 0.3 is 0 Å². The van der Waals surface area contributed by atoms with Crippen molar-refractivity contribution in [2.24, 2.45) is 0 Å². The first kappa shape index (κ1) is 19.9. The van der Waals surface area contributed by atoms with E-state index in [0.29, 0.717) is 33.2 Å². The van der Waals surface area contributed by atoms with E-state index in [-0.39, 0.29) is 11.2 Å². The number of benzene rings is 2. The van der Waals surface area contributed by atoms with E-state index in [1.165, 1.54) is 12.5 Å². The molecule has 1 heterocycles. The molecule has 0 aliphatic carbocycles. The maximum Gasteiger partial charge on any atom is 0.200 e. The Hall–Kier alpha value is -2.88. The minimum absolute atomic E-state index is 0.0476. The number of fused-ring (bicyclic) bond motifs is 1. The van der Waals surface area contributed by atoms with Crippen LogP contribution in [0.1, 0.15) is 25.0 Å². The highest BCUT2D eigenvalue weighted by atomic mass is 32.2. The molecule has 5 nitrogen and oxygen atoms in total. The molecule has 144 valence electrons. The number of sulfone groups is 1. The largest absolute Gasteiger partial charge is 0.463 e. The molecule has 0 radical (unpaired) electrons. The molecule has 0 aliphatic heterocycles. The van der Waals surface area contributed by atoms with Gasteiger partial charge in [-0.2, -0.15) is 0 Å². The number of hydrogen-bond acceptors (Lipinski definition) is 5. The van der Waals surface area contributed by atoms with Crippen molar-refractivity contribution in [2.45, 2.75) is 25.2 Å². The first-order valence-corrected chi connectivity index (χ1v) is 10.7. The summed E-state index contributed by atoms with van der Waals surface area (Å²) in [4.78, 5) is 12.8. The van der Waals surface area contributed by atoms with E-state index in [1.54, 1.807) is 56.3 Å². The molecule has 0 atom stereocenters. The van der Waals surface area contributed by atoms with E-state index >= 15 is 0 Å². The van der Waals surface area contributed by atoms with Gasteiger partial charge < -0.3 is 9.52 Å². The highest BCUT2D eigenvalue weighted by molar-refractivity contribution is 7.89. The number of hydrogen-bond donors (Lipinski definition) is 1. The van der Waals surface area contributed by atoms with Crippen LogP contribution < -0.4 is 5.43 Å². The lowest BCUT2D eigenvalue weighted by Gasteiger charge is -2.06. The van der Waals surface area contributed by atoms with Crippen LogP contribution in [0.3, 0.4) is 0 Å². The Balaban J connectivity index is 1.98. The quantitative estimate of drug-likeness (QED) is 0.688. The van der Waals surface area contributed by atoms with Crippen LogP contribution >= 0.6 is 0 Å². The molecule has 3 rings (SSSR count). The lowest BCUT2D eigenvalue weighted by atomic mass is 10.0. The van der Waals surface area contributed by atoms with Gasteiger partial charge in [0.2, 0.25) is 0 Å². The summed E-state index contributed by atoms with van der Waals surface area (Å²) >= 11 is 0. The van der Waals surface area contributed by atoms with Crippen LogP contribution in [-0.4, -0.2) is 25.4 Å². The summed E-state index contributed by atoms with van der Waals surface area (Å²) in [7, 11) is -3.12. The minimum Gasteiger partial charge on any atom is -0.463 e. The van der Waals surface area contributed by atoms with E-state index < -0.39 is 15.4 Å². The highest BCUT2D eigenvalue weighted by Gasteiger charge is 2.11. The molecule has 0 aliphatic rings.